The Morgan fingerprint density at radius 2 is 2.21 bits per heavy atom. The first-order valence-corrected chi connectivity index (χ1v) is 7.83. The van der Waals surface area contributed by atoms with E-state index in [-0.39, 0.29) is 12.1 Å². The van der Waals surface area contributed by atoms with Crippen molar-refractivity contribution in [1.82, 2.24) is 15.6 Å². The van der Waals surface area contributed by atoms with Crippen LogP contribution in [0.15, 0.2) is 41.1 Å². The second-order valence-corrected chi connectivity index (χ2v) is 5.91. The predicted octanol–water partition coefficient (Wildman–Crippen LogP) is 2.05. The van der Waals surface area contributed by atoms with E-state index in [0.29, 0.717) is 18.7 Å². The number of carbonyl (C=O) groups excluding carboxylic acids is 1. The lowest BCUT2D eigenvalue weighted by Crippen LogP contribution is -2.41. The number of hydrogen-bond acceptors (Lipinski definition) is 5. The minimum atomic E-state index is -0.738. The Hall–Kier alpha value is -2.54. The molecule has 0 saturated heterocycles. The summed E-state index contributed by atoms with van der Waals surface area (Å²) in [5, 5.41) is 15.6. The van der Waals surface area contributed by atoms with Gasteiger partial charge in [-0.2, -0.15) is 0 Å². The molecule has 0 aliphatic carbocycles. The van der Waals surface area contributed by atoms with E-state index >= 15 is 0 Å². The van der Waals surface area contributed by atoms with Crippen LogP contribution in [0.3, 0.4) is 0 Å². The third kappa shape index (κ3) is 5.27. The molecule has 2 aromatic rings. The molecule has 2 amide bonds. The molecule has 3 N–H and O–H groups in total. The monoisotopic (exact) mass is 332 g/mol. The summed E-state index contributed by atoms with van der Waals surface area (Å²) < 4.78 is 5.15. The molecule has 0 aromatic carbocycles. The lowest BCUT2D eigenvalue weighted by Gasteiger charge is -2.17. The van der Waals surface area contributed by atoms with Crippen LogP contribution in [-0.2, 0) is 6.54 Å². The molecule has 0 spiro atoms. The van der Waals surface area contributed by atoms with E-state index in [1.54, 1.807) is 18.3 Å². The second kappa shape index (κ2) is 8.35. The number of carbonyl (C=O) groups is 1. The van der Waals surface area contributed by atoms with Gasteiger partial charge in [0.15, 0.2) is 0 Å². The summed E-state index contributed by atoms with van der Waals surface area (Å²) in [6.07, 6.45) is 2.87. The van der Waals surface area contributed by atoms with Crippen molar-refractivity contribution in [1.29, 1.82) is 0 Å². The zero-order valence-corrected chi connectivity index (χ0v) is 14.2. The van der Waals surface area contributed by atoms with Crippen molar-refractivity contribution in [3.8, 4) is 0 Å². The number of hydrogen-bond donors (Lipinski definition) is 3. The topological polar surface area (TPSA) is 90.6 Å². The summed E-state index contributed by atoms with van der Waals surface area (Å²) in [7, 11) is 3.83. The fourth-order valence-electron chi connectivity index (χ4n) is 2.26. The molecule has 24 heavy (non-hydrogen) atoms. The van der Waals surface area contributed by atoms with Gasteiger partial charge in [-0.05, 0) is 36.8 Å². The van der Waals surface area contributed by atoms with Gasteiger partial charge in [-0.15, -0.1) is 0 Å². The second-order valence-electron chi connectivity index (χ2n) is 5.91. The Labute approximate surface area is 141 Å². The number of amides is 2. The predicted molar refractivity (Wildman–Crippen MR) is 91.7 cm³/mol. The number of nitrogens with zero attached hydrogens (tertiary/aromatic N) is 2. The number of aliphatic hydroxyl groups excluding tert-OH is 1. The Kier molecular flexibility index (Phi) is 6.20. The van der Waals surface area contributed by atoms with Crippen LogP contribution in [-0.4, -0.2) is 36.3 Å². The van der Waals surface area contributed by atoms with Gasteiger partial charge in [-0.25, -0.2) is 9.78 Å². The third-order valence-electron chi connectivity index (χ3n) is 3.55. The number of rotatable bonds is 7. The highest BCUT2D eigenvalue weighted by Crippen LogP contribution is 2.18. The molecule has 7 nitrogen and oxygen atoms in total. The molecule has 130 valence electrons. The number of aliphatic hydroxyl groups is 1. The van der Waals surface area contributed by atoms with Gasteiger partial charge in [0.05, 0.1) is 6.26 Å². The Morgan fingerprint density at radius 3 is 2.88 bits per heavy atom. The molecular weight excluding hydrogens is 308 g/mol. The molecule has 0 unspecified atom stereocenters. The molecule has 0 fully saturated rings. The van der Waals surface area contributed by atoms with Crippen LogP contribution in [0.25, 0.3) is 0 Å². The fraction of sp³-hybridized carbons (Fsp3) is 0.412. The summed E-state index contributed by atoms with van der Waals surface area (Å²) >= 11 is 0. The van der Waals surface area contributed by atoms with E-state index in [1.165, 1.54) is 6.26 Å². The largest absolute Gasteiger partial charge is 0.467 e. The molecular formula is C17H24N4O3. The van der Waals surface area contributed by atoms with Gasteiger partial charge in [-0.3, -0.25) is 0 Å². The Balaban J connectivity index is 1.77. The van der Waals surface area contributed by atoms with Crippen molar-refractivity contribution < 1.29 is 14.3 Å². The first kappa shape index (κ1) is 17.8. The van der Waals surface area contributed by atoms with Gasteiger partial charge < -0.3 is 25.1 Å². The maximum absolute atomic E-state index is 12.0. The minimum Gasteiger partial charge on any atom is -0.467 e. The SMILES string of the molecule is C[C@@H](C[C@H](O)c1ccco1)NC(=O)NCc1ccnc(N(C)C)c1. The summed E-state index contributed by atoms with van der Waals surface area (Å²) in [4.78, 5) is 18.1. The average Bonchev–Trinajstić information content (AvgIpc) is 3.07. The maximum atomic E-state index is 12.0. The average molecular weight is 332 g/mol. The maximum Gasteiger partial charge on any atom is 0.315 e. The van der Waals surface area contributed by atoms with Crippen molar-refractivity contribution in [3.63, 3.8) is 0 Å². The minimum absolute atomic E-state index is 0.195. The molecule has 0 bridgehead atoms. The van der Waals surface area contributed by atoms with E-state index in [1.807, 2.05) is 38.1 Å². The number of nitrogens with one attached hydrogen (secondary N) is 2. The summed E-state index contributed by atoms with van der Waals surface area (Å²) in [6, 6.07) is 6.74. The van der Waals surface area contributed by atoms with Crippen LogP contribution in [0, 0.1) is 0 Å². The summed E-state index contributed by atoms with van der Waals surface area (Å²) in [5.74, 6) is 1.33. The fourth-order valence-corrected chi connectivity index (χ4v) is 2.26. The molecule has 2 rings (SSSR count). The Bertz CT molecular complexity index is 643. The van der Waals surface area contributed by atoms with E-state index in [0.717, 1.165) is 11.4 Å². The molecule has 0 aliphatic rings. The molecule has 2 atom stereocenters. The lowest BCUT2D eigenvalue weighted by atomic mass is 10.1. The van der Waals surface area contributed by atoms with Gasteiger partial charge in [0.2, 0.25) is 0 Å². The van der Waals surface area contributed by atoms with Crippen molar-refractivity contribution in [2.24, 2.45) is 0 Å². The van der Waals surface area contributed by atoms with E-state index in [9.17, 15) is 9.90 Å². The molecule has 2 heterocycles. The van der Waals surface area contributed by atoms with Crippen LogP contribution >= 0.6 is 0 Å². The highest BCUT2D eigenvalue weighted by Gasteiger charge is 2.16. The summed E-state index contributed by atoms with van der Waals surface area (Å²) in [5.41, 5.74) is 0.965. The number of urea groups is 1. The quantitative estimate of drug-likeness (QED) is 0.722. The van der Waals surface area contributed by atoms with Gasteiger partial charge >= 0.3 is 6.03 Å². The van der Waals surface area contributed by atoms with Crippen molar-refractivity contribution >= 4 is 11.8 Å². The number of pyridine rings is 1. The first-order chi connectivity index (χ1) is 11.5. The normalized spacial score (nSPS) is 13.2. The number of furan rings is 1. The zero-order chi connectivity index (χ0) is 17.5. The van der Waals surface area contributed by atoms with E-state index < -0.39 is 6.10 Å². The van der Waals surface area contributed by atoms with E-state index in [2.05, 4.69) is 15.6 Å². The van der Waals surface area contributed by atoms with Gasteiger partial charge in [0.25, 0.3) is 0 Å². The highest BCUT2D eigenvalue weighted by atomic mass is 16.4. The summed E-state index contributed by atoms with van der Waals surface area (Å²) in [6.45, 7) is 2.24. The van der Waals surface area contributed by atoms with Crippen molar-refractivity contribution in [2.75, 3.05) is 19.0 Å². The van der Waals surface area contributed by atoms with Crippen molar-refractivity contribution in [2.45, 2.75) is 32.0 Å². The van der Waals surface area contributed by atoms with Crippen LogP contribution in [0.2, 0.25) is 0 Å². The van der Waals surface area contributed by atoms with Crippen LogP contribution in [0.4, 0.5) is 10.6 Å². The first-order valence-electron chi connectivity index (χ1n) is 7.83. The lowest BCUT2D eigenvalue weighted by molar-refractivity contribution is 0.129. The molecule has 0 aliphatic heterocycles. The highest BCUT2D eigenvalue weighted by molar-refractivity contribution is 5.74. The van der Waals surface area contributed by atoms with Gasteiger partial charge in [0.1, 0.15) is 17.7 Å². The third-order valence-corrected chi connectivity index (χ3v) is 3.55. The molecule has 2 aromatic heterocycles. The molecule has 7 heteroatoms. The van der Waals surface area contributed by atoms with Crippen LogP contribution in [0.5, 0.6) is 0 Å². The Morgan fingerprint density at radius 1 is 1.42 bits per heavy atom. The number of aromatic nitrogens is 1. The van der Waals surface area contributed by atoms with Gasteiger partial charge in [-0.1, -0.05) is 0 Å². The smallest absolute Gasteiger partial charge is 0.315 e. The van der Waals surface area contributed by atoms with Crippen LogP contribution < -0.4 is 15.5 Å². The van der Waals surface area contributed by atoms with Gasteiger partial charge in [0, 0.05) is 39.3 Å². The standard InChI is InChI=1S/C17H24N4O3/c1-12(9-14(22)15-5-4-8-24-15)20-17(23)19-11-13-6-7-18-16(10-13)21(2)3/h4-8,10,12,14,22H,9,11H2,1-3H3,(H2,19,20,23)/t12-,14-/m0/s1. The van der Waals surface area contributed by atoms with Crippen LogP contribution in [0.1, 0.15) is 30.8 Å². The molecule has 0 radical (unpaired) electrons. The van der Waals surface area contributed by atoms with Crippen molar-refractivity contribution in [3.05, 3.63) is 48.0 Å². The molecule has 0 saturated carbocycles. The van der Waals surface area contributed by atoms with E-state index in [4.69, 9.17) is 4.42 Å². The number of anilines is 1. The zero-order valence-electron chi connectivity index (χ0n) is 14.2.